The monoisotopic (exact) mass is 275 g/mol. The van der Waals surface area contributed by atoms with Gasteiger partial charge in [-0.25, -0.2) is 0 Å². The molecule has 0 saturated heterocycles. The van der Waals surface area contributed by atoms with Crippen molar-refractivity contribution in [3.05, 3.63) is 45.6 Å². The Bertz CT molecular complexity index is 478. The molecule has 0 aliphatic carbocycles. The van der Waals surface area contributed by atoms with Gasteiger partial charge in [0, 0.05) is 12.0 Å². The van der Waals surface area contributed by atoms with Gasteiger partial charge < -0.3 is 4.74 Å². The Morgan fingerprint density at radius 1 is 1.32 bits per heavy atom. The third-order valence-corrected chi connectivity index (χ3v) is 2.23. The van der Waals surface area contributed by atoms with Crippen LogP contribution in [0.2, 0.25) is 0 Å². The minimum atomic E-state index is -4.75. The second-order valence-electron chi connectivity index (χ2n) is 4.10. The molecule has 104 valence electrons. The minimum absolute atomic E-state index is 0.00973. The number of ether oxygens (including phenoxy) is 1. The Balaban J connectivity index is 2.93. The molecule has 0 saturated carbocycles. The lowest BCUT2D eigenvalue weighted by atomic mass is 10.1. The third-order valence-electron chi connectivity index (χ3n) is 2.23. The molecule has 0 radical (unpaired) electrons. The number of rotatable bonds is 4. The summed E-state index contributed by atoms with van der Waals surface area (Å²) < 4.78 is 39.5. The summed E-state index contributed by atoms with van der Waals surface area (Å²) in [6.45, 7) is 3.32. The fourth-order valence-corrected chi connectivity index (χ4v) is 1.37. The summed E-state index contributed by atoms with van der Waals surface area (Å²) in [7, 11) is 0. The van der Waals surface area contributed by atoms with Gasteiger partial charge in [-0.1, -0.05) is 26.0 Å². The number of hydrogen-bond acceptors (Lipinski definition) is 3. The number of allylic oxidation sites excluding steroid dienone is 1. The predicted molar refractivity (Wildman–Crippen MR) is 62.9 cm³/mol. The molecule has 1 rings (SSSR count). The Labute approximate surface area is 107 Å². The van der Waals surface area contributed by atoms with Crippen LogP contribution < -0.4 is 4.74 Å². The zero-order valence-corrected chi connectivity index (χ0v) is 10.3. The lowest BCUT2D eigenvalue weighted by Gasteiger charge is -2.08. The highest BCUT2D eigenvalue weighted by Gasteiger charge is 2.30. The summed E-state index contributed by atoms with van der Waals surface area (Å²) in [5.41, 5.74) is 0.430. The van der Waals surface area contributed by atoms with Crippen molar-refractivity contribution in [3.8, 4) is 5.75 Å². The molecule has 0 amide bonds. The van der Waals surface area contributed by atoms with Gasteiger partial charge in [0.05, 0.1) is 4.92 Å². The number of nitrogens with zero attached hydrogens (tertiary/aromatic N) is 1. The second-order valence-corrected chi connectivity index (χ2v) is 4.10. The minimum Gasteiger partial charge on any atom is -0.406 e. The molecule has 0 atom stereocenters. The summed E-state index contributed by atoms with van der Waals surface area (Å²) in [5.74, 6) is -0.655. The summed E-state index contributed by atoms with van der Waals surface area (Å²) >= 11 is 0. The molecule has 0 spiro atoms. The third kappa shape index (κ3) is 4.99. The van der Waals surface area contributed by atoms with Crippen LogP contribution in [0.3, 0.4) is 0 Å². The molecular formula is C12H12F3NO3. The van der Waals surface area contributed by atoms with Gasteiger partial charge in [0.2, 0.25) is 5.70 Å². The lowest BCUT2D eigenvalue weighted by Crippen LogP contribution is -2.16. The van der Waals surface area contributed by atoms with E-state index < -0.39 is 11.3 Å². The van der Waals surface area contributed by atoms with Crippen LogP contribution in [0, 0.1) is 16.0 Å². The lowest BCUT2D eigenvalue weighted by molar-refractivity contribution is -0.431. The van der Waals surface area contributed by atoms with Crippen molar-refractivity contribution >= 4 is 6.08 Å². The molecule has 19 heavy (non-hydrogen) atoms. The Kier molecular flexibility index (Phi) is 4.52. The first-order chi connectivity index (χ1) is 8.69. The van der Waals surface area contributed by atoms with Crippen molar-refractivity contribution in [3.63, 3.8) is 0 Å². The van der Waals surface area contributed by atoms with Gasteiger partial charge in [-0.2, -0.15) is 0 Å². The zero-order chi connectivity index (χ0) is 14.6. The van der Waals surface area contributed by atoms with E-state index in [0.717, 1.165) is 12.1 Å². The van der Waals surface area contributed by atoms with Gasteiger partial charge in [0.1, 0.15) is 5.75 Å². The summed E-state index contributed by atoms with van der Waals surface area (Å²) in [4.78, 5) is 10.3. The van der Waals surface area contributed by atoms with Gasteiger partial charge in [-0.15, -0.1) is 13.2 Å². The molecule has 0 heterocycles. The Hall–Kier alpha value is -2.05. The zero-order valence-electron chi connectivity index (χ0n) is 10.3. The van der Waals surface area contributed by atoms with Crippen LogP contribution in [0.1, 0.15) is 19.4 Å². The van der Waals surface area contributed by atoms with Gasteiger partial charge in [0.15, 0.2) is 0 Å². The SMILES string of the molecule is CC(C)/C(=C/c1ccc(OC(F)(F)F)cc1)[N+](=O)[O-]. The predicted octanol–water partition coefficient (Wildman–Crippen LogP) is 3.86. The number of benzene rings is 1. The van der Waals surface area contributed by atoms with Crippen LogP contribution in [0.15, 0.2) is 30.0 Å². The highest BCUT2D eigenvalue weighted by atomic mass is 19.4. The quantitative estimate of drug-likeness (QED) is 0.619. The van der Waals surface area contributed by atoms with Crippen molar-refractivity contribution in [1.82, 2.24) is 0 Å². The van der Waals surface area contributed by atoms with E-state index in [0.29, 0.717) is 5.56 Å². The normalized spacial score (nSPS) is 12.6. The molecular weight excluding hydrogens is 263 g/mol. The molecule has 0 fully saturated rings. The number of nitro groups is 1. The molecule has 0 aromatic heterocycles. The number of alkyl halides is 3. The van der Waals surface area contributed by atoms with Gasteiger partial charge in [-0.05, 0) is 17.7 Å². The van der Waals surface area contributed by atoms with Gasteiger partial charge in [-0.3, -0.25) is 10.1 Å². The van der Waals surface area contributed by atoms with E-state index in [-0.39, 0.29) is 17.4 Å². The van der Waals surface area contributed by atoms with Crippen LogP contribution in [0.5, 0.6) is 5.75 Å². The Morgan fingerprint density at radius 3 is 2.21 bits per heavy atom. The smallest absolute Gasteiger partial charge is 0.406 e. The first-order valence-corrected chi connectivity index (χ1v) is 5.41. The van der Waals surface area contributed by atoms with E-state index in [4.69, 9.17) is 0 Å². The van der Waals surface area contributed by atoms with Gasteiger partial charge in [0.25, 0.3) is 0 Å². The highest BCUT2D eigenvalue weighted by Crippen LogP contribution is 2.24. The maximum atomic E-state index is 11.9. The van der Waals surface area contributed by atoms with Crippen molar-refractivity contribution < 1.29 is 22.8 Å². The standard InChI is InChI=1S/C12H12F3NO3/c1-8(2)11(16(17)18)7-9-3-5-10(6-4-9)19-12(13,14)15/h3-8H,1-2H3/b11-7-. The maximum Gasteiger partial charge on any atom is 0.573 e. The van der Waals surface area contributed by atoms with Crippen LogP contribution in [0.4, 0.5) is 13.2 Å². The van der Waals surface area contributed by atoms with Crippen LogP contribution >= 0.6 is 0 Å². The first-order valence-electron chi connectivity index (χ1n) is 5.41. The second kappa shape index (κ2) is 5.73. The summed E-state index contributed by atoms with van der Waals surface area (Å²) in [5, 5.41) is 10.8. The highest BCUT2D eigenvalue weighted by molar-refractivity contribution is 5.52. The molecule has 0 unspecified atom stereocenters. The van der Waals surface area contributed by atoms with Crippen LogP contribution in [0.25, 0.3) is 6.08 Å². The van der Waals surface area contributed by atoms with Crippen molar-refractivity contribution in [2.24, 2.45) is 5.92 Å². The van der Waals surface area contributed by atoms with E-state index >= 15 is 0 Å². The number of hydrogen-bond donors (Lipinski definition) is 0. The average Bonchev–Trinajstić information content (AvgIpc) is 2.25. The molecule has 1 aromatic carbocycles. The van der Waals surface area contributed by atoms with E-state index in [1.165, 1.54) is 18.2 Å². The number of halogens is 3. The topological polar surface area (TPSA) is 52.4 Å². The van der Waals surface area contributed by atoms with Crippen molar-refractivity contribution in [2.45, 2.75) is 20.2 Å². The molecule has 0 aliphatic rings. The molecule has 7 heteroatoms. The summed E-state index contributed by atoms with van der Waals surface area (Å²) in [6, 6.07) is 4.87. The first kappa shape index (κ1) is 15.0. The van der Waals surface area contributed by atoms with E-state index in [9.17, 15) is 23.3 Å². The summed E-state index contributed by atoms with van der Waals surface area (Å²) in [6.07, 6.45) is -3.43. The van der Waals surface area contributed by atoms with E-state index in [1.807, 2.05) is 0 Å². The molecule has 1 aromatic rings. The van der Waals surface area contributed by atoms with Crippen molar-refractivity contribution in [1.29, 1.82) is 0 Å². The molecule has 0 aliphatic heterocycles. The van der Waals surface area contributed by atoms with Crippen molar-refractivity contribution in [2.75, 3.05) is 0 Å². The van der Waals surface area contributed by atoms with Crippen LogP contribution in [-0.4, -0.2) is 11.3 Å². The maximum absolute atomic E-state index is 11.9. The molecule has 4 nitrogen and oxygen atoms in total. The largest absolute Gasteiger partial charge is 0.573 e. The Morgan fingerprint density at radius 2 is 1.84 bits per heavy atom. The van der Waals surface area contributed by atoms with E-state index in [1.54, 1.807) is 13.8 Å². The fraction of sp³-hybridized carbons (Fsp3) is 0.333. The molecule has 0 N–H and O–H groups in total. The molecule has 0 bridgehead atoms. The fourth-order valence-electron chi connectivity index (χ4n) is 1.37. The van der Waals surface area contributed by atoms with Gasteiger partial charge >= 0.3 is 6.36 Å². The van der Waals surface area contributed by atoms with E-state index in [2.05, 4.69) is 4.74 Å². The average molecular weight is 275 g/mol. The van der Waals surface area contributed by atoms with Crippen LogP contribution in [-0.2, 0) is 0 Å².